The van der Waals surface area contributed by atoms with Crippen LogP contribution in [0.2, 0.25) is 5.15 Å². The Bertz CT molecular complexity index is 823. The van der Waals surface area contributed by atoms with Gasteiger partial charge < -0.3 is 9.47 Å². The van der Waals surface area contributed by atoms with Crippen molar-refractivity contribution in [2.24, 2.45) is 0 Å². The molecule has 0 radical (unpaired) electrons. The van der Waals surface area contributed by atoms with E-state index >= 15 is 0 Å². The van der Waals surface area contributed by atoms with Crippen LogP contribution in [0.3, 0.4) is 0 Å². The molecule has 2 aromatic rings. The fourth-order valence-corrected chi connectivity index (χ4v) is 2.50. The second kappa shape index (κ2) is 6.48. The molecule has 0 spiro atoms. The highest BCUT2D eigenvalue weighted by Gasteiger charge is 2.29. The number of pyridine rings is 2. The van der Waals surface area contributed by atoms with Gasteiger partial charge in [-0.25, -0.2) is 14.2 Å². The number of nitrogens with zero attached hydrogens (tertiary/aromatic N) is 3. The van der Waals surface area contributed by atoms with Gasteiger partial charge in [-0.15, -0.1) is 0 Å². The van der Waals surface area contributed by atoms with E-state index in [4.69, 9.17) is 21.1 Å². The van der Waals surface area contributed by atoms with Crippen molar-refractivity contribution in [1.82, 2.24) is 9.97 Å². The average Bonchev–Trinajstić information content (AvgIpc) is 2.54. The number of fused-ring (bicyclic) bond motifs is 1. The lowest BCUT2D eigenvalue weighted by molar-refractivity contribution is 0.0567. The molecule has 1 aliphatic rings. The molecule has 132 valence electrons. The van der Waals surface area contributed by atoms with Crippen molar-refractivity contribution in [2.75, 3.05) is 18.1 Å². The van der Waals surface area contributed by atoms with Crippen LogP contribution in [-0.4, -0.2) is 34.8 Å². The largest absolute Gasteiger partial charge is 0.488 e. The number of aromatic nitrogens is 2. The van der Waals surface area contributed by atoms with Gasteiger partial charge >= 0.3 is 6.09 Å². The van der Waals surface area contributed by atoms with Gasteiger partial charge in [0.25, 0.3) is 0 Å². The standard InChI is InChI=1S/C17H17ClFN3O3/c1-17(2,3)25-16(23)22-6-7-24-13-9-20-11(8-12(13)22)15-10(19)4-5-14(18)21-15/h4-5,8-9H,6-7H2,1-3H3. The molecule has 0 atom stereocenters. The van der Waals surface area contributed by atoms with E-state index in [1.54, 1.807) is 26.8 Å². The minimum absolute atomic E-state index is 0.00464. The zero-order chi connectivity index (χ0) is 18.2. The van der Waals surface area contributed by atoms with E-state index < -0.39 is 17.5 Å². The van der Waals surface area contributed by atoms with E-state index in [-0.39, 0.29) is 16.5 Å². The highest BCUT2D eigenvalue weighted by atomic mass is 35.5. The van der Waals surface area contributed by atoms with Crippen molar-refractivity contribution >= 4 is 23.4 Å². The zero-order valence-electron chi connectivity index (χ0n) is 14.0. The van der Waals surface area contributed by atoms with Crippen LogP contribution in [0.1, 0.15) is 20.8 Å². The van der Waals surface area contributed by atoms with Crippen molar-refractivity contribution in [3.05, 3.63) is 35.4 Å². The SMILES string of the molecule is CC(C)(C)OC(=O)N1CCOc2cnc(-c3nc(Cl)ccc3F)cc21. The molecule has 1 aliphatic heterocycles. The second-order valence-electron chi connectivity index (χ2n) is 6.48. The summed E-state index contributed by atoms with van der Waals surface area (Å²) in [7, 11) is 0. The van der Waals surface area contributed by atoms with Gasteiger partial charge in [-0.1, -0.05) is 11.6 Å². The molecule has 2 aromatic heterocycles. The molecule has 0 unspecified atom stereocenters. The minimum atomic E-state index is -0.633. The molecule has 3 rings (SSSR count). The Balaban J connectivity index is 2.01. The van der Waals surface area contributed by atoms with Crippen LogP contribution in [0, 0.1) is 5.82 Å². The molecule has 0 saturated heterocycles. The molecule has 0 bridgehead atoms. The number of hydrogen-bond acceptors (Lipinski definition) is 5. The molecule has 1 amide bonds. The summed E-state index contributed by atoms with van der Waals surface area (Å²) in [6.07, 6.45) is 0.928. The quantitative estimate of drug-likeness (QED) is 0.713. The van der Waals surface area contributed by atoms with E-state index in [1.165, 1.54) is 23.2 Å². The summed E-state index contributed by atoms with van der Waals surface area (Å²) in [6, 6.07) is 4.11. The number of carbonyl (C=O) groups excluding carboxylic acids is 1. The predicted molar refractivity (Wildman–Crippen MR) is 91.5 cm³/mol. The smallest absolute Gasteiger partial charge is 0.415 e. The summed E-state index contributed by atoms with van der Waals surface area (Å²) in [4.78, 5) is 22.0. The Labute approximate surface area is 149 Å². The molecule has 0 aliphatic carbocycles. The number of hydrogen-bond donors (Lipinski definition) is 0. The third-order valence-electron chi connectivity index (χ3n) is 3.38. The highest BCUT2D eigenvalue weighted by molar-refractivity contribution is 6.29. The lowest BCUT2D eigenvalue weighted by Gasteiger charge is -2.31. The maximum absolute atomic E-state index is 14.1. The average molecular weight is 366 g/mol. The van der Waals surface area contributed by atoms with Gasteiger partial charge in [0.15, 0.2) is 11.6 Å². The van der Waals surface area contributed by atoms with Gasteiger partial charge in [-0.3, -0.25) is 9.88 Å². The first-order valence-corrected chi connectivity index (χ1v) is 8.08. The zero-order valence-corrected chi connectivity index (χ0v) is 14.8. The van der Waals surface area contributed by atoms with Crippen LogP contribution in [0.5, 0.6) is 5.75 Å². The summed E-state index contributed by atoms with van der Waals surface area (Å²) in [5.74, 6) is -0.138. The van der Waals surface area contributed by atoms with Gasteiger partial charge in [-0.2, -0.15) is 0 Å². The van der Waals surface area contributed by atoms with Crippen LogP contribution in [0.4, 0.5) is 14.9 Å². The van der Waals surface area contributed by atoms with Crippen molar-refractivity contribution < 1.29 is 18.7 Å². The highest BCUT2D eigenvalue weighted by Crippen LogP contribution is 2.35. The van der Waals surface area contributed by atoms with Gasteiger partial charge in [0.2, 0.25) is 0 Å². The second-order valence-corrected chi connectivity index (χ2v) is 6.87. The number of ether oxygens (including phenoxy) is 2. The molecule has 8 heteroatoms. The normalized spacial score (nSPS) is 13.9. The van der Waals surface area contributed by atoms with E-state index in [9.17, 15) is 9.18 Å². The number of anilines is 1. The van der Waals surface area contributed by atoms with Crippen molar-refractivity contribution in [1.29, 1.82) is 0 Å². The number of carbonyl (C=O) groups is 1. The van der Waals surface area contributed by atoms with Crippen LogP contribution in [0.15, 0.2) is 24.4 Å². The van der Waals surface area contributed by atoms with E-state index in [0.717, 1.165) is 0 Å². The third kappa shape index (κ3) is 3.82. The summed E-state index contributed by atoms with van der Waals surface area (Å²) in [6.45, 7) is 5.99. The summed E-state index contributed by atoms with van der Waals surface area (Å²) in [5, 5.41) is 0.149. The summed E-state index contributed by atoms with van der Waals surface area (Å²) < 4.78 is 25.0. The molecular formula is C17H17ClFN3O3. The maximum Gasteiger partial charge on any atom is 0.415 e. The number of amides is 1. The van der Waals surface area contributed by atoms with E-state index in [0.29, 0.717) is 24.6 Å². The fourth-order valence-electron chi connectivity index (χ4n) is 2.36. The van der Waals surface area contributed by atoms with Crippen LogP contribution >= 0.6 is 11.6 Å². The van der Waals surface area contributed by atoms with Gasteiger partial charge in [0.05, 0.1) is 24.1 Å². The van der Waals surface area contributed by atoms with E-state index in [2.05, 4.69) is 9.97 Å². The first kappa shape index (κ1) is 17.4. The maximum atomic E-state index is 14.1. The van der Waals surface area contributed by atoms with Gasteiger partial charge in [-0.05, 0) is 39.0 Å². The van der Waals surface area contributed by atoms with Crippen LogP contribution in [0.25, 0.3) is 11.4 Å². The number of halogens is 2. The monoisotopic (exact) mass is 365 g/mol. The number of rotatable bonds is 1. The van der Waals surface area contributed by atoms with Crippen molar-refractivity contribution in [3.8, 4) is 17.1 Å². The Morgan fingerprint density at radius 2 is 2.16 bits per heavy atom. The molecule has 6 nitrogen and oxygen atoms in total. The Morgan fingerprint density at radius 1 is 1.40 bits per heavy atom. The van der Waals surface area contributed by atoms with Gasteiger partial charge in [0.1, 0.15) is 23.1 Å². The van der Waals surface area contributed by atoms with Crippen LogP contribution < -0.4 is 9.64 Å². The van der Waals surface area contributed by atoms with Gasteiger partial charge in [0, 0.05) is 0 Å². The molecule has 0 aromatic carbocycles. The molecular weight excluding hydrogens is 349 g/mol. The first-order chi connectivity index (χ1) is 11.7. The molecule has 0 fully saturated rings. The molecule has 3 heterocycles. The topological polar surface area (TPSA) is 64.5 Å². The molecule has 0 N–H and O–H groups in total. The molecule has 25 heavy (non-hydrogen) atoms. The summed E-state index contributed by atoms with van der Waals surface area (Å²) in [5.41, 5.74) is 0.0703. The Kier molecular flexibility index (Phi) is 4.51. The first-order valence-electron chi connectivity index (χ1n) is 7.70. The molecule has 0 saturated carbocycles. The van der Waals surface area contributed by atoms with Crippen molar-refractivity contribution in [3.63, 3.8) is 0 Å². The van der Waals surface area contributed by atoms with E-state index in [1.807, 2.05) is 0 Å². The Morgan fingerprint density at radius 3 is 2.88 bits per heavy atom. The Hall–Kier alpha value is -2.41. The lowest BCUT2D eigenvalue weighted by Crippen LogP contribution is -2.41. The van der Waals surface area contributed by atoms with Crippen molar-refractivity contribution in [2.45, 2.75) is 26.4 Å². The third-order valence-corrected chi connectivity index (χ3v) is 3.59. The minimum Gasteiger partial charge on any atom is -0.488 e. The lowest BCUT2D eigenvalue weighted by atomic mass is 10.2. The predicted octanol–water partition coefficient (Wildman–Crippen LogP) is 4.07. The summed E-state index contributed by atoms with van der Waals surface area (Å²) >= 11 is 5.85. The van der Waals surface area contributed by atoms with Crippen LogP contribution in [-0.2, 0) is 4.74 Å². The fraction of sp³-hybridized carbons (Fsp3) is 0.353.